The third-order valence-corrected chi connectivity index (χ3v) is 2.91. The summed E-state index contributed by atoms with van der Waals surface area (Å²) in [6.07, 6.45) is 6.79. The van der Waals surface area contributed by atoms with Gasteiger partial charge in [-0.15, -0.1) is 6.58 Å². The van der Waals surface area contributed by atoms with Crippen molar-refractivity contribution in [3.8, 4) is 0 Å². The van der Waals surface area contributed by atoms with E-state index in [1.807, 2.05) is 6.08 Å². The molecule has 0 bridgehead atoms. The number of ether oxygens (including phenoxy) is 1. The molecule has 88 valence electrons. The minimum absolute atomic E-state index is 0.215. The standard InChI is InChI=1S/C12H23NO2/c1-2-3-4-5-6-7-13-8-9-15-11-12(13)10-14/h2,12,14H,1,3-11H2. The lowest BCUT2D eigenvalue weighted by atomic mass is 10.1. The zero-order valence-corrected chi connectivity index (χ0v) is 9.53. The van der Waals surface area contributed by atoms with Gasteiger partial charge in [0.1, 0.15) is 0 Å². The van der Waals surface area contributed by atoms with Gasteiger partial charge in [-0.05, 0) is 25.8 Å². The molecule has 0 saturated carbocycles. The number of unbranched alkanes of at least 4 members (excludes halogenated alkanes) is 3. The third-order valence-electron chi connectivity index (χ3n) is 2.91. The predicted octanol–water partition coefficient (Wildman–Crippen LogP) is 1.43. The monoisotopic (exact) mass is 213 g/mol. The van der Waals surface area contributed by atoms with E-state index in [0.29, 0.717) is 6.61 Å². The molecule has 0 amide bonds. The summed E-state index contributed by atoms with van der Waals surface area (Å²) in [6.45, 7) is 7.47. The van der Waals surface area contributed by atoms with E-state index in [1.54, 1.807) is 0 Å². The van der Waals surface area contributed by atoms with Crippen molar-refractivity contribution in [3.63, 3.8) is 0 Å². The molecular formula is C12H23NO2. The number of hydrogen-bond acceptors (Lipinski definition) is 3. The van der Waals surface area contributed by atoms with Crippen molar-refractivity contribution in [1.29, 1.82) is 0 Å². The lowest BCUT2D eigenvalue weighted by Gasteiger charge is -2.34. The largest absolute Gasteiger partial charge is 0.395 e. The molecule has 0 aromatic carbocycles. The fourth-order valence-corrected chi connectivity index (χ4v) is 1.93. The number of rotatable bonds is 7. The first-order valence-electron chi connectivity index (χ1n) is 5.92. The maximum Gasteiger partial charge on any atom is 0.0644 e. The summed E-state index contributed by atoms with van der Waals surface area (Å²) in [5, 5.41) is 9.17. The van der Waals surface area contributed by atoms with Crippen LogP contribution in [0.15, 0.2) is 12.7 Å². The van der Waals surface area contributed by atoms with E-state index in [4.69, 9.17) is 9.84 Å². The molecule has 3 nitrogen and oxygen atoms in total. The lowest BCUT2D eigenvalue weighted by Crippen LogP contribution is -2.47. The number of hydrogen-bond donors (Lipinski definition) is 1. The number of nitrogens with zero attached hydrogens (tertiary/aromatic N) is 1. The highest BCUT2D eigenvalue weighted by atomic mass is 16.5. The lowest BCUT2D eigenvalue weighted by molar-refractivity contribution is -0.0278. The van der Waals surface area contributed by atoms with Gasteiger partial charge in [-0.2, -0.15) is 0 Å². The molecule has 0 spiro atoms. The summed E-state index contributed by atoms with van der Waals surface area (Å²) in [7, 11) is 0. The predicted molar refractivity (Wildman–Crippen MR) is 61.9 cm³/mol. The summed E-state index contributed by atoms with van der Waals surface area (Å²) in [6, 6.07) is 0.221. The van der Waals surface area contributed by atoms with Crippen LogP contribution in [0.1, 0.15) is 25.7 Å². The van der Waals surface area contributed by atoms with E-state index in [1.165, 1.54) is 19.3 Å². The van der Waals surface area contributed by atoms with Crippen molar-refractivity contribution >= 4 is 0 Å². The molecule has 1 aliphatic heterocycles. The molecule has 1 aliphatic rings. The van der Waals surface area contributed by atoms with Gasteiger partial charge in [0.2, 0.25) is 0 Å². The van der Waals surface area contributed by atoms with Crippen LogP contribution < -0.4 is 0 Å². The quantitative estimate of drug-likeness (QED) is 0.513. The molecule has 1 unspecified atom stereocenters. The Bertz CT molecular complexity index is 173. The van der Waals surface area contributed by atoms with Crippen LogP contribution in [-0.2, 0) is 4.74 Å². The van der Waals surface area contributed by atoms with Crippen molar-refractivity contribution in [2.45, 2.75) is 31.7 Å². The van der Waals surface area contributed by atoms with E-state index in [0.717, 1.165) is 26.1 Å². The number of aliphatic hydroxyl groups is 1. The Morgan fingerprint density at radius 2 is 2.27 bits per heavy atom. The van der Waals surface area contributed by atoms with E-state index in [2.05, 4.69) is 11.5 Å². The fraction of sp³-hybridized carbons (Fsp3) is 0.833. The van der Waals surface area contributed by atoms with Gasteiger partial charge in [0.25, 0.3) is 0 Å². The van der Waals surface area contributed by atoms with Gasteiger partial charge in [0, 0.05) is 6.54 Å². The minimum Gasteiger partial charge on any atom is -0.395 e. The second-order valence-electron chi connectivity index (χ2n) is 4.09. The molecule has 1 rings (SSSR count). The van der Waals surface area contributed by atoms with Gasteiger partial charge in [-0.3, -0.25) is 4.90 Å². The van der Waals surface area contributed by atoms with E-state index >= 15 is 0 Å². The second-order valence-corrected chi connectivity index (χ2v) is 4.09. The van der Waals surface area contributed by atoms with Gasteiger partial charge in [0.15, 0.2) is 0 Å². The molecule has 1 atom stereocenters. The summed E-state index contributed by atoms with van der Waals surface area (Å²) < 4.78 is 5.33. The molecular weight excluding hydrogens is 190 g/mol. The first kappa shape index (κ1) is 12.7. The Kier molecular flexibility index (Phi) is 6.64. The Hall–Kier alpha value is -0.380. The molecule has 15 heavy (non-hydrogen) atoms. The molecule has 1 heterocycles. The molecule has 0 aromatic rings. The Morgan fingerprint density at radius 1 is 1.40 bits per heavy atom. The van der Waals surface area contributed by atoms with E-state index in [9.17, 15) is 0 Å². The number of aliphatic hydroxyl groups excluding tert-OH is 1. The van der Waals surface area contributed by atoms with Gasteiger partial charge in [0.05, 0.1) is 25.9 Å². The summed E-state index contributed by atoms with van der Waals surface area (Å²) in [4.78, 5) is 2.34. The van der Waals surface area contributed by atoms with Crippen molar-refractivity contribution in [3.05, 3.63) is 12.7 Å². The van der Waals surface area contributed by atoms with Crippen molar-refractivity contribution < 1.29 is 9.84 Å². The van der Waals surface area contributed by atoms with Gasteiger partial charge >= 0.3 is 0 Å². The third kappa shape index (κ3) is 4.78. The minimum atomic E-state index is 0.215. The maximum atomic E-state index is 9.17. The summed E-state index contributed by atoms with van der Waals surface area (Å²) >= 11 is 0. The SMILES string of the molecule is C=CCCCCCN1CCOCC1CO. The van der Waals surface area contributed by atoms with Crippen LogP contribution in [-0.4, -0.2) is 49.0 Å². The molecule has 1 saturated heterocycles. The Labute approximate surface area is 92.7 Å². The van der Waals surface area contributed by atoms with Crippen molar-refractivity contribution in [2.24, 2.45) is 0 Å². The number of allylic oxidation sites excluding steroid dienone is 1. The maximum absolute atomic E-state index is 9.17. The molecule has 1 fully saturated rings. The van der Waals surface area contributed by atoms with Crippen LogP contribution in [0.3, 0.4) is 0 Å². The second kappa shape index (κ2) is 7.85. The zero-order valence-electron chi connectivity index (χ0n) is 9.53. The summed E-state index contributed by atoms with van der Waals surface area (Å²) in [5.74, 6) is 0. The highest BCUT2D eigenvalue weighted by Gasteiger charge is 2.21. The first-order chi connectivity index (χ1) is 7.38. The van der Waals surface area contributed by atoms with Crippen LogP contribution in [0.25, 0.3) is 0 Å². The molecule has 1 N–H and O–H groups in total. The van der Waals surface area contributed by atoms with Crippen molar-refractivity contribution in [2.75, 3.05) is 32.9 Å². The van der Waals surface area contributed by atoms with Crippen LogP contribution in [0.4, 0.5) is 0 Å². The topological polar surface area (TPSA) is 32.7 Å². The highest BCUT2D eigenvalue weighted by Crippen LogP contribution is 2.09. The van der Waals surface area contributed by atoms with Gasteiger partial charge in [-0.25, -0.2) is 0 Å². The normalized spacial score (nSPS) is 22.9. The number of morpholine rings is 1. The smallest absolute Gasteiger partial charge is 0.0644 e. The highest BCUT2D eigenvalue weighted by molar-refractivity contribution is 4.74. The summed E-state index contributed by atoms with van der Waals surface area (Å²) in [5.41, 5.74) is 0. The first-order valence-corrected chi connectivity index (χ1v) is 5.92. The fourth-order valence-electron chi connectivity index (χ4n) is 1.93. The zero-order chi connectivity index (χ0) is 10.9. The average Bonchev–Trinajstić information content (AvgIpc) is 2.29. The van der Waals surface area contributed by atoms with Crippen LogP contribution in [0, 0.1) is 0 Å². The van der Waals surface area contributed by atoms with Crippen molar-refractivity contribution in [1.82, 2.24) is 4.90 Å². The van der Waals surface area contributed by atoms with Gasteiger partial charge < -0.3 is 9.84 Å². The average molecular weight is 213 g/mol. The molecule has 0 radical (unpaired) electrons. The Morgan fingerprint density at radius 3 is 3.00 bits per heavy atom. The van der Waals surface area contributed by atoms with Crippen LogP contribution in [0.2, 0.25) is 0 Å². The Balaban J connectivity index is 2.09. The molecule has 0 aromatic heterocycles. The van der Waals surface area contributed by atoms with Crippen LogP contribution >= 0.6 is 0 Å². The molecule has 3 heteroatoms. The van der Waals surface area contributed by atoms with Crippen LogP contribution in [0.5, 0.6) is 0 Å². The molecule has 0 aliphatic carbocycles. The van der Waals surface area contributed by atoms with Gasteiger partial charge in [-0.1, -0.05) is 12.5 Å². The van der Waals surface area contributed by atoms with E-state index < -0.39 is 0 Å². The van der Waals surface area contributed by atoms with E-state index in [-0.39, 0.29) is 12.6 Å².